The Morgan fingerprint density at radius 2 is 1.93 bits per heavy atom. The largest absolute Gasteiger partial charge is 0.348 e. The summed E-state index contributed by atoms with van der Waals surface area (Å²) in [6.07, 6.45) is 6.14. The monoisotopic (exact) mass is 262 g/mol. The van der Waals surface area contributed by atoms with E-state index in [0.717, 1.165) is 4.47 Å². The van der Waals surface area contributed by atoms with Gasteiger partial charge in [-0.15, -0.1) is 0 Å². The molecular formula is C12H11BrN2. The average molecular weight is 263 g/mol. The van der Waals surface area contributed by atoms with Crippen LogP contribution in [0, 0.1) is 0 Å². The molecule has 2 nitrogen and oxygen atoms in total. The minimum Gasteiger partial charge on any atom is -0.348 e. The summed E-state index contributed by atoms with van der Waals surface area (Å²) in [5, 5.41) is 0. The second kappa shape index (κ2) is 3.20. The molecule has 3 heteroatoms. The molecule has 1 fully saturated rings. The van der Waals surface area contributed by atoms with Crippen molar-refractivity contribution in [1.29, 1.82) is 0 Å². The standard InChI is InChI=1S/C12H11BrN2/c13-10-3-1-9(2-4-10)12(5-6-12)11-7-14-8-15-11/h1-4,7-8H,5-6H2,(H,14,15). The normalized spacial score (nSPS) is 17.7. The summed E-state index contributed by atoms with van der Waals surface area (Å²) in [4.78, 5) is 7.34. The molecule has 1 N–H and O–H groups in total. The summed E-state index contributed by atoms with van der Waals surface area (Å²) in [6, 6.07) is 8.59. The molecule has 1 aliphatic carbocycles. The van der Waals surface area contributed by atoms with Gasteiger partial charge in [-0.1, -0.05) is 28.1 Å². The van der Waals surface area contributed by atoms with Crippen molar-refractivity contribution in [1.82, 2.24) is 9.97 Å². The predicted octanol–water partition coefficient (Wildman–Crippen LogP) is 3.25. The second-order valence-electron chi connectivity index (χ2n) is 4.05. The summed E-state index contributed by atoms with van der Waals surface area (Å²) in [7, 11) is 0. The van der Waals surface area contributed by atoms with Crippen LogP contribution in [0.2, 0.25) is 0 Å². The zero-order valence-corrected chi connectivity index (χ0v) is 9.79. The average Bonchev–Trinajstić information content (AvgIpc) is 2.88. The number of H-pyrrole nitrogens is 1. The highest BCUT2D eigenvalue weighted by molar-refractivity contribution is 9.10. The van der Waals surface area contributed by atoms with Gasteiger partial charge < -0.3 is 4.98 Å². The Balaban J connectivity index is 2.04. The van der Waals surface area contributed by atoms with Gasteiger partial charge in [-0.25, -0.2) is 4.98 Å². The van der Waals surface area contributed by atoms with E-state index in [-0.39, 0.29) is 5.41 Å². The lowest BCUT2D eigenvalue weighted by atomic mass is 9.93. The van der Waals surface area contributed by atoms with Gasteiger partial charge in [0.15, 0.2) is 0 Å². The van der Waals surface area contributed by atoms with E-state index in [1.165, 1.54) is 24.1 Å². The molecule has 1 aromatic heterocycles. The molecule has 3 rings (SSSR count). The number of hydrogen-bond donors (Lipinski definition) is 1. The number of nitrogens with zero attached hydrogens (tertiary/aromatic N) is 1. The van der Waals surface area contributed by atoms with Crippen LogP contribution in [0.3, 0.4) is 0 Å². The van der Waals surface area contributed by atoms with Gasteiger partial charge in [0.2, 0.25) is 0 Å². The smallest absolute Gasteiger partial charge is 0.0922 e. The highest BCUT2D eigenvalue weighted by Crippen LogP contribution is 2.52. The van der Waals surface area contributed by atoms with E-state index in [1.54, 1.807) is 6.33 Å². The summed E-state index contributed by atoms with van der Waals surface area (Å²) < 4.78 is 1.13. The van der Waals surface area contributed by atoms with Crippen LogP contribution in [-0.2, 0) is 5.41 Å². The molecule has 1 saturated carbocycles. The fourth-order valence-electron chi connectivity index (χ4n) is 2.13. The molecule has 0 bridgehead atoms. The maximum Gasteiger partial charge on any atom is 0.0922 e. The van der Waals surface area contributed by atoms with Gasteiger partial charge in [-0.05, 0) is 30.5 Å². The fourth-order valence-corrected chi connectivity index (χ4v) is 2.39. The molecule has 0 spiro atoms. The number of aromatic amines is 1. The third kappa shape index (κ3) is 1.42. The number of aromatic nitrogens is 2. The first-order valence-corrected chi connectivity index (χ1v) is 5.85. The van der Waals surface area contributed by atoms with Crippen LogP contribution >= 0.6 is 15.9 Å². The van der Waals surface area contributed by atoms with Crippen LogP contribution < -0.4 is 0 Å². The predicted molar refractivity (Wildman–Crippen MR) is 62.7 cm³/mol. The van der Waals surface area contributed by atoms with E-state index in [2.05, 4.69) is 50.2 Å². The second-order valence-corrected chi connectivity index (χ2v) is 4.97. The first-order chi connectivity index (χ1) is 7.31. The topological polar surface area (TPSA) is 28.7 Å². The molecule has 76 valence electrons. The highest BCUT2D eigenvalue weighted by Gasteiger charge is 2.46. The number of halogens is 1. The van der Waals surface area contributed by atoms with Crippen molar-refractivity contribution < 1.29 is 0 Å². The van der Waals surface area contributed by atoms with Gasteiger partial charge in [0.05, 0.1) is 6.33 Å². The number of nitrogens with one attached hydrogen (secondary N) is 1. The van der Waals surface area contributed by atoms with Crippen LogP contribution in [0.5, 0.6) is 0 Å². The third-order valence-corrected chi connectivity index (χ3v) is 3.69. The Labute approximate surface area is 96.9 Å². The van der Waals surface area contributed by atoms with Crippen molar-refractivity contribution in [2.24, 2.45) is 0 Å². The van der Waals surface area contributed by atoms with E-state index in [4.69, 9.17) is 0 Å². The maximum absolute atomic E-state index is 4.11. The molecule has 0 saturated heterocycles. The summed E-state index contributed by atoms with van der Waals surface area (Å²) >= 11 is 3.46. The zero-order chi connectivity index (χ0) is 10.3. The highest BCUT2D eigenvalue weighted by atomic mass is 79.9. The summed E-state index contributed by atoms with van der Waals surface area (Å²) in [5.41, 5.74) is 2.84. The molecule has 0 amide bonds. The van der Waals surface area contributed by atoms with Crippen molar-refractivity contribution in [2.45, 2.75) is 18.3 Å². The summed E-state index contributed by atoms with van der Waals surface area (Å²) in [5.74, 6) is 0. The van der Waals surface area contributed by atoms with E-state index in [0.29, 0.717) is 0 Å². The molecule has 0 radical (unpaired) electrons. The number of imidazole rings is 1. The number of benzene rings is 1. The first kappa shape index (κ1) is 9.16. The van der Waals surface area contributed by atoms with Crippen molar-refractivity contribution in [2.75, 3.05) is 0 Å². The minimum absolute atomic E-state index is 0.219. The van der Waals surface area contributed by atoms with E-state index < -0.39 is 0 Å². The number of rotatable bonds is 2. The maximum atomic E-state index is 4.11. The Morgan fingerprint density at radius 3 is 2.47 bits per heavy atom. The molecule has 2 aromatic rings. The quantitative estimate of drug-likeness (QED) is 0.885. The van der Waals surface area contributed by atoms with E-state index in [9.17, 15) is 0 Å². The molecule has 0 unspecified atom stereocenters. The molecule has 1 aliphatic rings. The Kier molecular flexibility index (Phi) is 1.96. The fraction of sp³-hybridized carbons (Fsp3) is 0.250. The summed E-state index contributed by atoms with van der Waals surface area (Å²) in [6.45, 7) is 0. The SMILES string of the molecule is Brc1ccc(C2(c3cnc[nH]3)CC2)cc1. The van der Waals surface area contributed by atoms with Gasteiger partial charge in [0.25, 0.3) is 0 Å². The Bertz CT molecular complexity index is 455. The van der Waals surface area contributed by atoms with Gasteiger partial charge >= 0.3 is 0 Å². The molecule has 1 aromatic carbocycles. The molecule has 0 atom stereocenters. The van der Waals surface area contributed by atoms with Crippen LogP contribution in [0.15, 0.2) is 41.3 Å². The van der Waals surface area contributed by atoms with Crippen molar-refractivity contribution in [3.05, 3.63) is 52.5 Å². The molecule has 1 heterocycles. The lowest BCUT2D eigenvalue weighted by molar-refractivity contribution is 0.812. The van der Waals surface area contributed by atoms with Crippen molar-refractivity contribution in [3.8, 4) is 0 Å². The van der Waals surface area contributed by atoms with Crippen LogP contribution in [-0.4, -0.2) is 9.97 Å². The van der Waals surface area contributed by atoms with Crippen LogP contribution in [0.1, 0.15) is 24.1 Å². The van der Waals surface area contributed by atoms with Crippen LogP contribution in [0.4, 0.5) is 0 Å². The van der Waals surface area contributed by atoms with Gasteiger partial charge in [0.1, 0.15) is 0 Å². The molecular weight excluding hydrogens is 252 g/mol. The lowest BCUT2D eigenvalue weighted by Crippen LogP contribution is -2.08. The lowest BCUT2D eigenvalue weighted by Gasteiger charge is -2.13. The number of hydrogen-bond acceptors (Lipinski definition) is 1. The van der Waals surface area contributed by atoms with Gasteiger partial charge in [-0.2, -0.15) is 0 Å². The Hall–Kier alpha value is -1.09. The van der Waals surface area contributed by atoms with E-state index >= 15 is 0 Å². The van der Waals surface area contributed by atoms with Crippen LogP contribution in [0.25, 0.3) is 0 Å². The molecule has 0 aliphatic heterocycles. The first-order valence-electron chi connectivity index (χ1n) is 5.06. The minimum atomic E-state index is 0.219. The van der Waals surface area contributed by atoms with Gasteiger partial charge in [0, 0.05) is 21.8 Å². The zero-order valence-electron chi connectivity index (χ0n) is 8.20. The molecule has 15 heavy (non-hydrogen) atoms. The van der Waals surface area contributed by atoms with Gasteiger partial charge in [-0.3, -0.25) is 0 Å². The van der Waals surface area contributed by atoms with Crippen molar-refractivity contribution >= 4 is 15.9 Å². The third-order valence-electron chi connectivity index (χ3n) is 3.16. The van der Waals surface area contributed by atoms with E-state index in [1.807, 2.05) is 6.20 Å². The Morgan fingerprint density at radius 1 is 1.20 bits per heavy atom. The van der Waals surface area contributed by atoms with Crippen molar-refractivity contribution in [3.63, 3.8) is 0 Å².